The second kappa shape index (κ2) is 8.93. The molecule has 0 aliphatic rings. The average molecular weight is 397 g/mol. The molecule has 0 heterocycles. The summed E-state index contributed by atoms with van der Waals surface area (Å²) in [4.78, 5) is 0. The van der Waals surface area contributed by atoms with Crippen molar-refractivity contribution in [3.05, 3.63) is 64.1 Å². The maximum atomic E-state index is 5.86. The molecule has 2 aromatic carbocycles. The van der Waals surface area contributed by atoms with Crippen LogP contribution in [0.4, 0.5) is 0 Å². The van der Waals surface area contributed by atoms with Gasteiger partial charge >= 0.3 is 30.0 Å². The zero-order chi connectivity index (χ0) is 13.4. The van der Waals surface area contributed by atoms with Gasteiger partial charge in [0.2, 0.25) is 0 Å². The van der Waals surface area contributed by atoms with Gasteiger partial charge in [0.15, 0.2) is 0 Å². The molecular weight excluding hydrogens is 388 g/mol. The predicted molar refractivity (Wildman–Crippen MR) is 75.0 cm³/mol. The number of ether oxygens (including phenoxy) is 1. The van der Waals surface area contributed by atoms with Crippen molar-refractivity contribution in [1.82, 2.24) is 0 Å². The number of benzene rings is 2. The SMILES string of the molecule is Clc1cc(Cl)cc(OCc2c[c-]ccc2)c1.[Zn+][Br]. The van der Waals surface area contributed by atoms with Gasteiger partial charge in [-0.1, -0.05) is 23.2 Å². The van der Waals surface area contributed by atoms with Gasteiger partial charge in [-0.05, 0) is 18.2 Å². The summed E-state index contributed by atoms with van der Waals surface area (Å²) in [5.74, 6) is 0.668. The van der Waals surface area contributed by atoms with E-state index in [0.29, 0.717) is 22.4 Å². The molecule has 0 amide bonds. The van der Waals surface area contributed by atoms with Crippen molar-refractivity contribution in [2.45, 2.75) is 6.61 Å². The molecule has 18 heavy (non-hydrogen) atoms. The van der Waals surface area contributed by atoms with Gasteiger partial charge in [0.05, 0.1) is 6.61 Å². The first-order chi connectivity index (χ1) is 8.74. The summed E-state index contributed by atoms with van der Waals surface area (Å²) < 4.78 is 5.56. The first-order valence-electron chi connectivity index (χ1n) is 5.04. The molecule has 0 atom stereocenters. The van der Waals surface area contributed by atoms with E-state index in [1.54, 1.807) is 18.2 Å². The Hall–Kier alpha value is -0.0766. The van der Waals surface area contributed by atoms with Crippen molar-refractivity contribution in [1.29, 1.82) is 0 Å². The molecule has 0 fully saturated rings. The number of hydrogen-bond acceptors (Lipinski definition) is 1. The van der Waals surface area contributed by atoms with Crippen LogP contribution < -0.4 is 4.74 Å². The Bertz CT molecular complexity index is 459. The Morgan fingerprint density at radius 2 is 1.83 bits per heavy atom. The second-order valence-electron chi connectivity index (χ2n) is 3.31. The van der Waals surface area contributed by atoms with Crippen LogP contribution >= 0.6 is 36.8 Å². The van der Waals surface area contributed by atoms with Crippen molar-refractivity contribution >= 4 is 36.8 Å². The molecule has 0 radical (unpaired) electrons. The summed E-state index contributed by atoms with van der Waals surface area (Å²) in [7, 11) is 0. The second-order valence-corrected chi connectivity index (χ2v) is 4.18. The fraction of sp³-hybridized carbons (Fsp3) is 0.0769. The molecule has 2 rings (SSSR count). The Kier molecular flexibility index (Phi) is 7.93. The minimum absolute atomic E-state index is 0.480. The maximum absolute atomic E-state index is 5.86. The molecule has 90 valence electrons. The Labute approximate surface area is 133 Å². The van der Waals surface area contributed by atoms with E-state index in [1.807, 2.05) is 24.3 Å². The van der Waals surface area contributed by atoms with Crippen molar-refractivity contribution in [3.63, 3.8) is 0 Å². The molecule has 2 aromatic rings. The monoisotopic (exact) mass is 394 g/mol. The number of halogens is 3. The molecular formula is C13H9BrCl2OZn. The van der Waals surface area contributed by atoms with Gasteiger partial charge in [0, 0.05) is 10.0 Å². The predicted octanol–water partition coefficient (Wildman–Crippen LogP) is 5.22. The topological polar surface area (TPSA) is 9.23 Å². The Morgan fingerprint density at radius 1 is 1.17 bits per heavy atom. The zero-order valence-electron chi connectivity index (χ0n) is 9.50. The van der Waals surface area contributed by atoms with Gasteiger partial charge in [0.1, 0.15) is 5.75 Å². The molecule has 0 spiro atoms. The van der Waals surface area contributed by atoms with E-state index in [-0.39, 0.29) is 0 Å². The van der Waals surface area contributed by atoms with E-state index in [2.05, 4.69) is 19.7 Å². The summed E-state index contributed by atoms with van der Waals surface area (Å²) in [5.41, 5.74) is 1.05. The van der Waals surface area contributed by atoms with Crippen LogP contribution in [0.5, 0.6) is 5.75 Å². The fourth-order valence-electron chi connectivity index (χ4n) is 1.30. The summed E-state index contributed by atoms with van der Waals surface area (Å²) >= 11 is 16.0. The molecule has 0 aliphatic carbocycles. The molecule has 0 saturated heterocycles. The van der Waals surface area contributed by atoms with Crippen LogP contribution in [-0.2, 0) is 22.9 Å². The fourth-order valence-corrected chi connectivity index (χ4v) is 1.80. The third kappa shape index (κ3) is 5.71. The molecule has 0 saturated carbocycles. The van der Waals surface area contributed by atoms with Gasteiger partial charge in [-0.15, -0.1) is 5.56 Å². The quantitative estimate of drug-likeness (QED) is 0.510. The average Bonchev–Trinajstić information content (AvgIpc) is 2.39. The van der Waals surface area contributed by atoms with E-state index in [4.69, 9.17) is 27.9 Å². The summed E-state index contributed by atoms with van der Waals surface area (Å²) in [5, 5.41) is 1.14. The molecule has 0 aliphatic heterocycles. The van der Waals surface area contributed by atoms with Gasteiger partial charge in [-0.3, -0.25) is 0 Å². The van der Waals surface area contributed by atoms with E-state index in [0.717, 1.165) is 5.56 Å². The normalized spacial score (nSPS) is 9.39. The van der Waals surface area contributed by atoms with E-state index in [9.17, 15) is 0 Å². The zero-order valence-corrected chi connectivity index (χ0v) is 15.6. The molecule has 0 unspecified atom stereocenters. The van der Waals surface area contributed by atoms with E-state index >= 15 is 0 Å². The van der Waals surface area contributed by atoms with Crippen molar-refractivity contribution < 1.29 is 21.1 Å². The van der Waals surface area contributed by atoms with Crippen LogP contribution in [0.3, 0.4) is 0 Å². The third-order valence-electron chi connectivity index (χ3n) is 2.01. The Morgan fingerprint density at radius 3 is 2.39 bits per heavy atom. The van der Waals surface area contributed by atoms with Gasteiger partial charge in [-0.25, -0.2) is 0 Å². The molecule has 0 bridgehead atoms. The van der Waals surface area contributed by atoms with E-state index in [1.165, 1.54) is 16.3 Å². The van der Waals surface area contributed by atoms with Crippen molar-refractivity contribution in [2.75, 3.05) is 0 Å². The van der Waals surface area contributed by atoms with Crippen LogP contribution in [0.1, 0.15) is 5.56 Å². The summed E-state index contributed by atoms with van der Waals surface area (Å²) in [6, 6.07) is 15.8. The first-order valence-corrected chi connectivity index (χ1v) is 12.7. The summed E-state index contributed by atoms with van der Waals surface area (Å²) in [6.45, 7) is 0.480. The molecule has 1 nitrogen and oxygen atoms in total. The first kappa shape index (κ1) is 16.0. The molecule has 5 heteroatoms. The Balaban J connectivity index is 0.000000771. The van der Waals surface area contributed by atoms with Crippen LogP contribution in [0.2, 0.25) is 10.0 Å². The van der Waals surface area contributed by atoms with Gasteiger partial charge in [0.25, 0.3) is 0 Å². The standard InChI is InChI=1S/C13H9Cl2O.BrH.Zn/c14-11-6-12(15)8-13(7-11)16-9-10-4-2-1-3-5-10;;/h1-2,4-8H,9H2;1H;/q-1;;+2/p-1. The summed E-state index contributed by atoms with van der Waals surface area (Å²) in [6.07, 6.45) is 0. The van der Waals surface area contributed by atoms with E-state index < -0.39 is 0 Å². The van der Waals surface area contributed by atoms with Crippen LogP contribution in [0.25, 0.3) is 0 Å². The third-order valence-corrected chi connectivity index (χ3v) is 2.45. The molecule has 0 aromatic heterocycles. The van der Waals surface area contributed by atoms with Crippen LogP contribution in [0, 0.1) is 6.07 Å². The van der Waals surface area contributed by atoms with Gasteiger partial charge < -0.3 is 4.74 Å². The van der Waals surface area contributed by atoms with Gasteiger partial charge in [-0.2, -0.15) is 30.3 Å². The van der Waals surface area contributed by atoms with Crippen LogP contribution in [0.15, 0.2) is 42.5 Å². The molecule has 0 N–H and O–H groups in total. The minimum atomic E-state index is 0.480. The van der Waals surface area contributed by atoms with Crippen LogP contribution in [-0.4, -0.2) is 0 Å². The number of rotatable bonds is 3. The van der Waals surface area contributed by atoms with Crippen molar-refractivity contribution in [2.24, 2.45) is 0 Å². The van der Waals surface area contributed by atoms with Crippen molar-refractivity contribution in [3.8, 4) is 5.75 Å². The number of hydrogen-bond donors (Lipinski definition) is 0.